The number of likely N-dealkylation sites (N-methyl/N-ethyl adjacent to an activating group) is 1. The maximum Gasteiger partial charge on any atom is 0.573 e. The quantitative estimate of drug-likeness (QED) is 0.687. The van der Waals surface area contributed by atoms with E-state index in [-0.39, 0.29) is 11.7 Å². The lowest BCUT2D eigenvalue weighted by molar-refractivity contribution is -0.274. The number of aromatic nitrogens is 2. The zero-order valence-electron chi connectivity index (χ0n) is 14.0. The molecule has 0 fully saturated rings. The Balaban J connectivity index is 1.95. The summed E-state index contributed by atoms with van der Waals surface area (Å²) in [5, 5.41) is 9.72. The topological polar surface area (TPSA) is 49.9 Å². The first kappa shape index (κ1) is 18.0. The fourth-order valence-electron chi connectivity index (χ4n) is 2.91. The van der Waals surface area contributed by atoms with E-state index in [2.05, 4.69) is 20.3 Å². The second kappa shape index (κ2) is 7.61. The van der Waals surface area contributed by atoms with E-state index in [9.17, 15) is 13.2 Å². The lowest BCUT2D eigenvalue weighted by atomic mass is 9.89. The highest BCUT2D eigenvalue weighted by Crippen LogP contribution is 2.35. The van der Waals surface area contributed by atoms with Gasteiger partial charge in [0.25, 0.3) is 0 Å². The molecule has 2 N–H and O–H groups in total. The molecule has 3 rings (SSSR count). The van der Waals surface area contributed by atoms with Gasteiger partial charge in [-0.2, -0.15) is 5.10 Å². The van der Waals surface area contributed by atoms with Gasteiger partial charge in [-0.25, -0.2) is 0 Å². The molecular formula is C19H18F3N3O. The van der Waals surface area contributed by atoms with Crippen LogP contribution in [0.5, 0.6) is 5.75 Å². The Morgan fingerprint density at radius 3 is 2.42 bits per heavy atom. The molecule has 1 unspecified atom stereocenters. The summed E-state index contributed by atoms with van der Waals surface area (Å²) in [6, 6.07) is 13.9. The van der Waals surface area contributed by atoms with Crippen molar-refractivity contribution in [2.45, 2.75) is 12.3 Å². The van der Waals surface area contributed by atoms with Gasteiger partial charge in [0.2, 0.25) is 0 Å². The van der Waals surface area contributed by atoms with Crippen LogP contribution in [0.25, 0.3) is 11.1 Å². The molecule has 136 valence electrons. The molecule has 4 nitrogen and oxygen atoms in total. The molecule has 2 aromatic carbocycles. The van der Waals surface area contributed by atoms with Crippen LogP contribution in [0.2, 0.25) is 0 Å². The van der Waals surface area contributed by atoms with Crippen LogP contribution in [0.4, 0.5) is 13.2 Å². The lowest BCUT2D eigenvalue weighted by Gasteiger charge is -2.21. The van der Waals surface area contributed by atoms with Crippen LogP contribution < -0.4 is 10.1 Å². The minimum Gasteiger partial charge on any atom is -0.405 e. The third kappa shape index (κ3) is 4.23. The summed E-state index contributed by atoms with van der Waals surface area (Å²) in [6.07, 6.45) is -1.23. The monoisotopic (exact) mass is 361 g/mol. The molecule has 0 aliphatic carbocycles. The van der Waals surface area contributed by atoms with Gasteiger partial charge in [-0.3, -0.25) is 5.10 Å². The number of para-hydroxylation sites is 1. The zero-order chi connectivity index (χ0) is 18.6. The van der Waals surface area contributed by atoms with Crippen LogP contribution in [0.1, 0.15) is 17.0 Å². The minimum absolute atomic E-state index is 0.181. The fraction of sp³-hybridized carbons (Fsp3) is 0.211. The summed E-state index contributed by atoms with van der Waals surface area (Å²) in [7, 11) is 1.76. The van der Waals surface area contributed by atoms with E-state index in [4.69, 9.17) is 0 Å². The molecule has 26 heavy (non-hydrogen) atoms. The molecule has 3 aromatic rings. The number of aromatic amines is 1. The number of nitrogens with zero attached hydrogens (tertiary/aromatic N) is 1. The second-order valence-corrected chi connectivity index (χ2v) is 5.80. The molecule has 0 bridgehead atoms. The first-order chi connectivity index (χ1) is 12.5. The van der Waals surface area contributed by atoms with E-state index in [1.54, 1.807) is 31.6 Å². The van der Waals surface area contributed by atoms with Gasteiger partial charge in [0.15, 0.2) is 0 Å². The third-order valence-corrected chi connectivity index (χ3v) is 4.07. The molecular weight excluding hydrogens is 343 g/mol. The van der Waals surface area contributed by atoms with Gasteiger partial charge in [-0.15, -0.1) is 13.2 Å². The van der Waals surface area contributed by atoms with E-state index < -0.39 is 6.36 Å². The van der Waals surface area contributed by atoms with Crippen LogP contribution in [0.15, 0.2) is 60.9 Å². The first-order valence-corrected chi connectivity index (χ1v) is 8.06. The molecule has 1 atom stereocenters. The van der Waals surface area contributed by atoms with Crippen LogP contribution >= 0.6 is 0 Å². The van der Waals surface area contributed by atoms with Gasteiger partial charge in [0, 0.05) is 29.8 Å². The number of nitrogens with one attached hydrogen (secondary N) is 2. The average Bonchev–Trinajstić information content (AvgIpc) is 3.14. The number of H-pyrrole nitrogens is 1. The molecule has 0 radical (unpaired) electrons. The molecule has 0 saturated heterocycles. The zero-order valence-corrected chi connectivity index (χ0v) is 14.0. The number of hydrogen-bond acceptors (Lipinski definition) is 3. The van der Waals surface area contributed by atoms with E-state index in [1.165, 1.54) is 12.1 Å². The normalized spacial score (nSPS) is 12.8. The smallest absolute Gasteiger partial charge is 0.405 e. The van der Waals surface area contributed by atoms with Crippen LogP contribution in [-0.4, -0.2) is 30.2 Å². The minimum atomic E-state index is -4.73. The van der Waals surface area contributed by atoms with Crippen molar-refractivity contribution in [3.8, 4) is 16.9 Å². The van der Waals surface area contributed by atoms with Gasteiger partial charge in [-0.1, -0.05) is 42.5 Å². The third-order valence-electron chi connectivity index (χ3n) is 4.07. The predicted octanol–water partition coefficient (Wildman–Crippen LogP) is 4.33. The molecule has 0 aliphatic heterocycles. The first-order valence-electron chi connectivity index (χ1n) is 8.06. The molecule has 1 heterocycles. The van der Waals surface area contributed by atoms with E-state index >= 15 is 0 Å². The van der Waals surface area contributed by atoms with Gasteiger partial charge in [-0.05, 0) is 24.2 Å². The largest absolute Gasteiger partial charge is 0.573 e. The number of benzene rings is 2. The van der Waals surface area contributed by atoms with Crippen LogP contribution in [-0.2, 0) is 0 Å². The van der Waals surface area contributed by atoms with Crippen LogP contribution in [0, 0.1) is 0 Å². The van der Waals surface area contributed by atoms with E-state index in [1.807, 2.05) is 24.3 Å². The second-order valence-electron chi connectivity index (χ2n) is 5.80. The summed E-state index contributed by atoms with van der Waals surface area (Å²) in [5.74, 6) is -0.462. The van der Waals surface area contributed by atoms with Gasteiger partial charge in [0.05, 0.1) is 6.20 Å². The fourth-order valence-corrected chi connectivity index (χ4v) is 2.91. The number of rotatable bonds is 6. The summed E-state index contributed by atoms with van der Waals surface area (Å²) >= 11 is 0. The SMILES string of the molecule is CNCC(c1ccc(-c2cn[nH]c2)cc1)c1ccccc1OC(F)(F)F. The van der Waals surface area contributed by atoms with Gasteiger partial charge >= 0.3 is 6.36 Å². The molecule has 1 aromatic heterocycles. The summed E-state index contributed by atoms with van der Waals surface area (Å²) in [5.41, 5.74) is 3.30. The predicted molar refractivity (Wildman–Crippen MR) is 92.9 cm³/mol. The van der Waals surface area contributed by atoms with Crippen molar-refractivity contribution in [2.24, 2.45) is 0 Å². The van der Waals surface area contributed by atoms with Crippen molar-refractivity contribution in [1.29, 1.82) is 0 Å². The van der Waals surface area contributed by atoms with Crippen LogP contribution in [0.3, 0.4) is 0 Å². The highest BCUT2D eigenvalue weighted by Gasteiger charge is 2.33. The highest BCUT2D eigenvalue weighted by molar-refractivity contribution is 5.62. The Bertz CT molecular complexity index is 830. The molecule has 0 aliphatic rings. The molecule has 0 saturated carbocycles. The maximum atomic E-state index is 12.7. The summed E-state index contributed by atoms with van der Waals surface area (Å²) in [4.78, 5) is 0. The summed E-state index contributed by atoms with van der Waals surface area (Å²) < 4.78 is 42.4. The summed E-state index contributed by atoms with van der Waals surface area (Å²) in [6.45, 7) is 0.475. The molecule has 7 heteroatoms. The van der Waals surface area contributed by atoms with Crippen molar-refractivity contribution in [3.05, 3.63) is 72.1 Å². The number of ether oxygens (including phenoxy) is 1. The van der Waals surface area contributed by atoms with E-state index in [0.29, 0.717) is 12.1 Å². The lowest BCUT2D eigenvalue weighted by Crippen LogP contribution is -2.22. The number of hydrogen-bond donors (Lipinski definition) is 2. The highest BCUT2D eigenvalue weighted by atomic mass is 19.4. The van der Waals surface area contributed by atoms with E-state index in [0.717, 1.165) is 16.7 Å². The number of alkyl halides is 3. The molecule has 0 amide bonds. The number of halogens is 3. The molecule has 0 spiro atoms. The Hall–Kier alpha value is -2.80. The standard InChI is InChI=1S/C19H18F3N3O/c1-23-12-17(16-4-2-3-5-18(16)26-19(20,21)22)14-8-6-13(7-9-14)15-10-24-25-11-15/h2-11,17,23H,12H2,1H3,(H,24,25). The Morgan fingerprint density at radius 1 is 1.08 bits per heavy atom. The average molecular weight is 361 g/mol. The Morgan fingerprint density at radius 2 is 1.81 bits per heavy atom. The van der Waals surface area contributed by atoms with Gasteiger partial charge in [0.1, 0.15) is 5.75 Å². The van der Waals surface area contributed by atoms with Crippen molar-refractivity contribution < 1.29 is 17.9 Å². The Labute approximate surface area is 149 Å². The van der Waals surface area contributed by atoms with Crippen molar-refractivity contribution in [3.63, 3.8) is 0 Å². The maximum absolute atomic E-state index is 12.7. The van der Waals surface area contributed by atoms with Crippen molar-refractivity contribution in [2.75, 3.05) is 13.6 Å². The Kier molecular flexibility index (Phi) is 5.27. The van der Waals surface area contributed by atoms with Crippen molar-refractivity contribution >= 4 is 0 Å². The van der Waals surface area contributed by atoms with Gasteiger partial charge < -0.3 is 10.1 Å². The van der Waals surface area contributed by atoms with Crippen molar-refractivity contribution in [1.82, 2.24) is 15.5 Å².